The van der Waals surface area contributed by atoms with Crippen LogP contribution in [0.5, 0.6) is 0 Å². The largest absolute Gasteiger partial charge is 0.353 e. The van der Waals surface area contributed by atoms with E-state index in [2.05, 4.69) is 36.4 Å². The summed E-state index contributed by atoms with van der Waals surface area (Å²) in [6, 6.07) is 8.65. The third-order valence-corrected chi connectivity index (χ3v) is 5.95. The maximum absolute atomic E-state index is 12.4. The SMILES string of the molecule is O=C1Nc2c(cc(Br)cc2[N+](=O)[O-])/C1=N\N=C1/CCCc2c1[nH]c1ccc(Cl)cc21. The summed E-state index contributed by atoms with van der Waals surface area (Å²) in [5, 5.41) is 24.2. The molecule has 0 spiro atoms. The smallest absolute Gasteiger partial charge is 0.294 e. The minimum atomic E-state index is -0.540. The molecule has 2 aliphatic rings. The van der Waals surface area contributed by atoms with E-state index in [1.807, 2.05) is 18.2 Å². The Bertz CT molecular complexity index is 1330. The Balaban J connectivity index is 1.61. The first-order valence-corrected chi connectivity index (χ1v) is 10.3. The lowest BCUT2D eigenvalue weighted by Gasteiger charge is -2.13. The molecular formula is C20H13BrClN5O3. The van der Waals surface area contributed by atoms with Gasteiger partial charge in [-0.3, -0.25) is 14.9 Å². The van der Waals surface area contributed by atoms with E-state index in [1.165, 1.54) is 6.07 Å². The number of halogens is 2. The van der Waals surface area contributed by atoms with E-state index in [-0.39, 0.29) is 17.1 Å². The summed E-state index contributed by atoms with van der Waals surface area (Å²) < 4.78 is 0.484. The maximum atomic E-state index is 12.4. The van der Waals surface area contributed by atoms with Gasteiger partial charge in [0.25, 0.3) is 11.6 Å². The van der Waals surface area contributed by atoms with Crippen molar-refractivity contribution in [3.8, 4) is 0 Å². The molecule has 1 aromatic heterocycles. The number of nitrogens with one attached hydrogen (secondary N) is 2. The molecule has 10 heteroatoms. The number of hydrogen-bond donors (Lipinski definition) is 2. The molecule has 1 aliphatic heterocycles. The molecular weight excluding hydrogens is 474 g/mol. The van der Waals surface area contributed by atoms with E-state index in [0.717, 1.165) is 40.7 Å². The topological polar surface area (TPSA) is 113 Å². The van der Waals surface area contributed by atoms with E-state index in [9.17, 15) is 14.9 Å². The third kappa shape index (κ3) is 3.01. The summed E-state index contributed by atoms with van der Waals surface area (Å²) in [6.45, 7) is 0. The van der Waals surface area contributed by atoms with Crippen LogP contribution >= 0.6 is 27.5 Å². The van der Waals surface area contributed by atoms with Gasteiger partial charge in [-0.1, -0.05) is 27.5 Å². The van der Waals surface area contributed by atoms with Gasteiger partial charge in [0, 0.05) is 32.0 Å². The Morgan fingerprint density at radius 1 is 1.17 bits per heavy atom. The molecule has 8 nitrogen and oxygen atoms in total. The molecule has 1 aliphatic carbocycles. The van der Waals surface area contributed by atoms with Crippen LogP contribution in [0.3, 0.4) is 0 Å². The number of carbonyl (C=O) groups excluding carboxylic acids is 1. The number of carbonyl (C=O) groups is 1. The fourth-order valence-corrected chi connectivity index (χ4v) is 4.56. The van der Waals surface area contributed by atoms with Crippen molar-refractivity contribution in [2.45, 2.75) is 19.3 Å². The lowest BCUT2D eigenvalue weighted by atomic mass is 9.94. The van der Waals surface area contributed by atoms with E-state index < -0.39 is 10.8 Å². The Morgan fingerprint density at radius 3 is 2.80 bits per heavy atom. The lowest BCUT2D eigenvalue weighted by Crippen LogP contribution is -2.15. The van der Waals surface area contributed by atoms with Gasteiger partial charge in [0.2, 0.25) is 0 Å². The first kappa shape index (κ1) is 19.0. The monoisotopic (exact) mass is 485 g/mol. The second-order valence-electron chi connectivity index (χ2n) is 7.08. The van der Waals surface area contributed by atoms with Gasteiger partial charge in [-0.15, -0.1) is 5.10 Å². The van der Waals surface area contributed by atoms with E-state index >= 15 is 0 Å². The predicted molar refractivity (Wildman–Crippen MR) is 119 cm³/mol. The molecule has 3 aromatic rings. The number of amides is 1. The van der Waals surface area contributed by atoms with Crippen LogP contribution in [0.15, 0.2) is 45.0 Å². The van der Waals surface area contributed by atoms with Crippen LogP contribution in [-0.4, -0.2) is 27.2 Å². The Labute approximate surface area is 183 Å². The zero-order valence-electron chi connectivity index (χ0n) is 15.3. The standard InChI is InChI=1S/C20H13BrClN5O3/c21-9-6-13-18(16(7-9)27(29)30)24-20(28)19(13)26-25-15-3-1-2-11-12-8-10(22)4-5-14(12)23-17(11)15/h4-8,23H,1-3H2,(H,24,26,28)/b25-15+. The fraction of sp³-hybridized carbons (Fsp3) is 0.150. The van der Waals surface area contributed by atoms with Crippen molar-refractivity contribution in [2.75, 3.05) is 5.32 Å². The van der Waals surface area contributed by atoms with Crippen LogP contribution in [0.25, 0.3) is 10.9 Å². The summed E-state index contributed by atoms with van der Waals surface area (Å²) in [5.41, 5.74) is 4.07. The Kier molecular flexibility index (Phi) is 4.44. The average molecular weight is 487 g/mol. The third-order valence-electron chi connectivity index (χ3n) is 5.26. The van der Waals surface area contributed by atoms with Crippen LogP contribution < -0.4 is 5.32 Å². The molecule has 0 bridgehead atoms. The first-order chi connectivity index (χ1) is 14.4. The number of anilines is 1. The van der Waals surface area contributed by atoms with Crippen LogP contribution in [0.4, 0.5) is 11.4 Å². The molecule has 0 saturated heterocycles. The minimum Gasteiger partial charge on any atom is -0.353 e. The molecule has 2 heterocycles. The van der Waals surface area contributed by atoms with Crippen molar-refractivity contribution in [3.63, 3.8) is 0 Å². The van der Waals surface area contributed by atoms with Gasteiger partial charge >= 0.3 is 0 Å². The molecule has 30 heavy (non-hydrogen) atoms. The van der Waals surface area contributed by atoms with Crippen molar-refractivity contribution in [1.29, 1.82) is 0 Å². The summed E-state index contributed by atoms with van der Waals surface area (Å²) in [6.07, 6.45) is 2.50. The van der Waals surface area contributed by atoms with Crippen LogP contribution in [-0.2, 0) is 11.2 Å². The molecule has 0 unspecified atom stereocenters. The summed E-state index contributed by atoms with van der Waals surface area (Å²) in [5.74, 6) is -0.519. The number of nitro groups is 1. The zero-order chi connectivity index (χ0) is 21.0. The molecule has 0 saturated carbocycles. The van der Waals surface area contributed by atoms with Crippen molar-refractivity contribution >= 4 is 67.1 Å². The average Bonchev–Trinajstić information content (AvgIpc) is 3.23. The molecule has 150 valence electrons. The number of nitrogens with zero attached hydrogens (tertiary/aromatic N) is 3. The lowest BCUT2D eigenvalue weighted by molar-refractivity contribution is -0.384. The number of fused-ring (bicyclic) bond motifs is 4. The van der Waals surface area contributed by atoms with Crippen molar-refractivity contribution in [2.24, 2.45) is 10.2 Å². The summed E-state index contributed by atoms with van der Waals surface area (Å²) >= 11 is 9.41. The number of benzene rings is 2. The Morgan fingerprint density at radius 2 is 2.00 bits per heavy atom. The van der Waals surface area contributed by atoms with E-state index in [0.29, 0.717) is 21.5 Å². The second kappa shape index (κ2) is 7.03. The highest BCUT2D eigenvalue weighted by molar-refractivity contribution is 9.10. The second-order valence-corrected chi connectivity index (χ2v) is 8.43. The molecule has 1 amide bonds. The van der Waals surface area contributed by atoms with Gasteiger partial charge < -0.3 is 10.3 Å². The van der Waals surface area contributed by atoms with Crippen LogP contribution in [0.2, 0.25) is 5.02 Å². The number of rotatable bonds is 2. The number of nitro benzene ring substituents is 1. The van der Waals surface area contributed by atoms with E-state index in [1.54, 1.807) is 6.07 Å². The van der Waals surface area contributed by atoms with Crippen LogP contribution in [0.1, 0.15) is 29.7 Å². The van der Waals surface area contributed by atoms with Gasteiger partial charge in [0.15, 0.2) is 5.71 Å². The number of aromatic amines is 1. The summed E-state index contributed by atoms with van der Waals surface area (Å²) in [4.78, 5) is 26.6. The Hall–Kier alpha value is -3.04. The highest BCUT2D eigenvalue weighted by Gasteiger charge is 2.33. The number of aromatic nitrogens is 1. The van der Waals surface area contributed by atoms with Crippen molar-refractivity contribution < 1.29 is 9.72 Å². The molecule has 2 aromatic carbocycles. The number of H-pyrrole nitrogens is 1. The zero-order valence-corrected chi connectivity index (χ0v) is 17.7. The molecule has 0 radical (unpaired) electrons. The van der Waals surface area contributed by atoms with Gasteiger partial charge in [-0.25, -0.2) is 0 Å². The van der Waals surface area contributed by atoms with Gasteiger partial charge in [-0.05, 0) is 49.1 Å². The molecule has 0 atom stereocenters. The molecule has 2 N–H and O–H groups in total. The van der Waals surface area contributed by atoms with Crippen molar-refractivity contribution in [3.05, 3.63) is 66.8 Å². The fourth-order valence-electron chi connectivity index (χ4n) is 3.94. The maximum Gasteiger partial charge on any atom is 0.294 e. The van der Waals surface area contributed by atoms with E-state index in [4.69, 9.17) is 11.6 Å². The number of aryl methyl sites for hydroxylation is 1. The number of hydrogen-bond acceptors (Lipinski definition) is 5. The van der Waals surface area contributed by atoms with Crippen LogP contribution in [0, 0.1) is 10.1 Å². The van der Waals surface area contributed by atoms with Gasteiger partial charge in [0.05, 0.1) is 16.3 Å². The molecule has 0 fully saturated rings. The van der Waals surface area contributed by atoms with Gasteiger partial charge in [-0.2, -0.15) is 5.10 Å². The summed E-state index contributed by atoms with van der Waals surface area (Å²) in [7, 11) is 0. The highest BCUT2D eigenvalue weighted by Crippen LogP contribution is 2.37. The van der Waals surface area contributed by atoms with Crippen molar-refractivity contribution in [1.82, 2.24) is 4.98 Å². The van der Waals surface area contributed by atoms with Gasteiger partial charge in [0.1, 0.15) is 5.69 Å². The first-order valence-electron chi connectivity index (χ1n) is 9.17. The molecule has 5 rings (SSSR count). The highest BCUT2D eigenvalue weighted by atomic mass is 79.9. The quantitative estimate of drug-likeness (QED) is 0.393. The normalized spacial score (nSPS) is 18.0. The minimum absolute atomic E-state index is 0.0492. The predicted octanol–water partition coefficient (Wildman–Crippen LogP) is 4.97.